The lowest BCUT2D eigenvalue weighted by atomic mass is 10.2. The van der Waals surface area contributed by atoms with E-state index in [9.17, 15) is 0 Å². The summed E-state index contributed by atoms with van der Waals surface area (Å²) in [6, 6.07) is 0. The molecule has 1 aliphatic rings. The Balaban J connectivity index is 2.06. The van der Waals surface area contributed by atoms with E-state index in [-0.39, 0.29) is 0 Å². The van der Waals surface area contributed by atoms with E-state index >= 15 is 0 Å². The molecule has 0 amide bonds. The van der Waals surface area contributed by atoms with Crippen molar-refractivity contribution in [3.63, 3.8) is 0 Å². The second-order valence-electron chi connectivity index (χ2n) is 5.06. The maximum atomic E-state index is 6.17. The fourth-order valence-electron chi connectivity index (χ4n) is 1.82. The average molecular weight is 286 g/mol. The molecule has 1 aromatic heterocycles. The van der Waals surface area contributed by atoms with Crippen LogP contribution in [0.4, 0.5) is 5.82 Å². The second kappa shape index (κ2) is 6.11. The third-order valence-electron chi connectivity index (χ3n) is 3.12. The Hall–Kier alpha value is -0.480. The van der Waals surface area contributed by atoms with E-state index in [0.29, 0.717) is 17.0 Å². The molecule has 1 heterocycles. The highest BCUT2D eigenvalue weighted by molar-refractivity contribution is 7.98. The van der Waals surface area contributed by atoms with Gasteiger partial charge in [-0.2, -0.15) is 11.8 Å². The van der Waals surface area contributed by atoms with Crippen molar-refractivity contribution >= 4 is 29.2 Å². The monoisotopic (exact) mass is 285 g/mol. The van der Waals surface area contributed by atoms with Crippen LogP contribution in [0.15, 0.2) is 0 Å². The van der Waals surface area contributed by atoms with Crippen molar-refractivity contribution in [2.24, 2.45) is 5.92 Å². The van der Waals surface area contributed by atoms with E-state index in [0.717, 1.165) is 29.5 Å². The van der Waals surface area contributed by atoms with E-state index in [4.69, 9.17) is 11.6 Å². The molecule has 100 valence electrons. The van der Waals surface area contributed by atoms with Gasteiger partial charge in [-0.25, -0.2) is 9.97 Å². The summed E-state index contributed by atoms with van der Waals surface area (Å²) >= 11 is 8.04. The number of nitrogens with one attached hydrogen (secondary N) is 1. The fourth-order valence-corrected chi connectivity index (χ4v) is 2.68. The van der Waals surface area contributed by atoms with Crippen molar-refractivity contribution in [2.75, 3.05) is 23.9 Å². The molecule has 0 aromatic carbocycles. The Morgan fingerprint density at radius 2 is 2.17 bits per heavy atom. The summed E-state index contributed by atoms with van der Waals surface area (Å²) in [5.74, 6) is 4.13. The molecule has 1 aliphatic carbocycles. The van der Waals surface area contributed by atoms with Gasteiger partial charge in [0.2, 0.25) is 0 Å². The van der Waals surface area contributed by atoms with E-state index in [1.807, 2.05) is 18.7 Å². The highest BCUT2D eigenvalue weighted by Crippen LogP contribution is 2.39. The van der Waals surface area contributed by atoms with Gasteiger partial charge in [0, 0.05) is 18.0 Å². The molecular weight excluding hydrogens is 266 g/mol. The molecule has 5 heteroatoms. The van der Waals surface area contributed by atoms with Crippen molar-refractivity contribution in [2.45, 2.75) is 32.6 Å². The maximum Gasteiger partial charge on any atom is 0.137 e. The van der Waals surface area contributed by atoms with Crippen LogP contribution in [0.3, 0.4) is 0 Å². The zero-order chi connectivity index (χ0) is 13.1. The van der Waals surface area contributed by atoms with Crippen LogP contribution < -0.4 is 5.32 Å². The van der Waals surface area contributed by atoms with Gasteiger partial charge in [-0.1, -0.05) is 18.5 Å². The molecule has 1 atom stereocenters. The SMILES string of the molecule is CSCC(C)CNc1nc(C2CC2)nc(Cl)c1C. The van der Waals surface area contributed by atoms with E-state index < -0.39 is 0 Å². The molecule has 1 unspecified atom stereocenters. The molecule has 1 saturated carbocycles. The summed E-state index contributed by atoms with van der Waals surface area (Å²) in [6.07, 6.45) is 4.53. The van der Waals surface area contributed by atoms with Gasteiger partial charge in [-0.05, 0) is 37.7 Å². The lowest BCUT2D eigenvalue weighted by Crippen LogP contribution is -2.15. The van der Waals surface area contributed by atoms with Gasteiger partial charge in [0.15, 0.2) is 0 Å². The van der Waals surface area contributed by atoms with Gasteiger partial charge in [0.25, 0.3) is 0 Å². The normalized spacial score (nSPS) is 16.7. The predicted octanol–water partition coefficient (Wildman–Crippen LogP) is 3.73. The number of anilines is 1. The lowest BCUT2D eigenvalue weighted by Gasteiger charge is -2.14. The van der Waals surface area contributed by atoms with E-state index in [2.05, 4.69) is 28.5 Å². The Kier molecular flexibility index (Phi) is 4.73. The third-order valence-corrected chi connectivity index (χ3v) is 4.39. The van der Waals surface area contributed by atoms with Gasteiger partial charge >= 0.3 is 0 Å². The van der Waals surface area contributed by atoms with Crippen molar-refractivity contribution in [3.05, 3.63) is 16.5 Å². The summed E-state index contributed by atoms with van der Waals surface area (Å²) in [6.45, 7) is 5.14. The molecule has 3 nitrogen and oxygen atoms in total. The van der Waals surface area contributed by atoms with Crippen LogP contribution in [0.5, 0.6) is 0 Å². The summed E-state index contributed by atoms with van der Waals surface area (Å²) in [5, 5.41) is 4.00. The number of nitrogens with zero attached hydrogens (tertiary/aromatic N) is 2. The first-order chi connectivity index (χ1) is 8.61. The molecular formula is C13H20ClN3S. The minimum atomic E-state index is 0.535. The van der Waals surface area contributed by atoms with Crippen LogP contribution in [0.2, 0.25) is 5.15 Å². The average Bonchev–Trinajstić information content (AvgIpc) is 3.15. The van der Waals surface area contributed by atoms with Gasteiger partial charge in [0.1, 0.15) is 16.8 Å². The van der Waals surface area contributed by atoms with Crippen LogP contribution in [0, 0.1) is 12.8 Å². The first kappa shape index (κ1) is 13.9. The largest absolute Gasteiger partial charge is 0.369 e. The van der Waals surface area contributed by atoms with Crippen molar-refractivity contribution in [1.82, 2.24) is 9.97 Å². The molecule has 0 aliphatic heterocycles. The third kappa shape index (κ3) is 3.51. The number of aromatic nitrogens is 2. The Labute approximate surface area is 118 Å². The molecule has 1 aromatic rings. The smallest absolute Gasteiger partial charge is 0.137 e. The van der Waals surface area contributed by atoms with Crippen LogP contribution in [-0.4, -0.2) is 28.5 Å². The summed E-state index contributed by atoms with van der Waals surface area (Å²) < 4.78 is 0. The van der Waals surface area contributed by atoms with Crippen molar-refractivity contribution in [3.8, 4) is 0 Å². The van der Waals surface area contributed by atoms with Crippen LogP contribution in [0.25, 0.3) is 0 Å². The van der Waals surface area contributed by atoms with Crippen molar-refractivity contribution in [1.29, 1.82) is 0 Å². The molecule has 0 spiro atoms. The van der Waals surface area contributed by atoms with Crippen molar-refractivity contribution < 1.29 is 0 Å². The lowest BCUT2D eigenvalue weighted by molar-refractivity contribution is 0.697. The van der Waals surface area contributed by atoms with E-state index in [1.54, 1.807) is 0 Å². The van der Waals surface area contributed by atoms with Gasteiger partial charge in [-0.3, -0.25) is 0 Å². The minimum absolute atomic E-state index is 0.535. The Morgan fingerprint density at radius 1 is 1.44 bits per heavy atom. The topological polar surface area (TPSA) is 37.8 Å². The number of rotatable bonds is 6. The number of halogens is 1. The molecule has 0 bridgehead atoms. The summed E-state index contributed by atoms with van der Waals surface area (Å²) in [4.78, 5) is 8.98. The van der Waals surface area contributed by atoms with E-state index in [1.165, 1.54) is 12.8 Å². The van der Waals surface area contributed by atoms with Gasteiger partial charge < -0.3 is 5.32 Å². The molecule has 0 saturated heterocycles. The van der Waals surface area contributed by atoms with Crippen LogP contribution in [-0.2, 0) is 0 Å². The Morgan fingerprint density at radius 3 is 2.78 bits per heavy atom. The van der Waals surface area contributed by atoms with Gasteiger partial charge in [-0.15, -0.1) is 0 Å². The zero-order valence-electron chi connectivity index (χ0n) is 11.2. The number of hydrogen-bond acceptors (Lipinski definition) is 4. The fraction of sp³-hybridized carbons (Fsp3) is 0.692. The summed E-state index contributed by atoms with van der Waals surface area (Å²) in [7, 11) is 0. The molecule has 18 heavy (non-hydrogen) atoms. The maximum absolute atomic E-state index is 6.17. The second-order valence-corrected chi connectivity index (χ2v) is 6.33. The molecule has 2 rings (SSSR count). The summed E-state index contributed by atoms with van der Waals surface area (Å²) in [5.41, 5.74) is 0.956. The highest BCUT2D eigenvalue weighted by atomic mass is 35.5. The standard InChI is InChI=1S/C13H20ClN3S/c1-8(7-18-3)6-15-12-9(2)11(14)16-13(17-12)10-4-5-10/h8,10H,4-7H2,1-3H3,(H,15,16,17). The predicted molar refractivity (Wildman–Crippen MR) is 79.8 cm³/mol. The number of thioether (sulfide) groups is 1. The number of hydrogen-bond donors (Lipinski definition) is 1. The Bertz CT molecular complexity index is 421. The molecule has 1 fully saturated rings. The minimum Gasteiger partial charge on any atom is -0.369 e. The zero-order valence-corrected chi connectivity index (χ0v) is 12.7. The van der Waals surface area contributed by atoms with Crippen LogP contribution in [0.1, 0.15) is 37.1 Å². The van der Waals surface area contributed by atoms with Crippen LogP contribution >= 0.6 is 23.4 Å². The highest BCUT2D eigenvalue weighted by Gasteiger charge is 2.28. The quantitative estimate of drug-likeness (QED) is 0.808. The van der Waals surface area contributed by atoms with Gasteiger partial charge in [0.05, 0.1) is 0 Å². The first-order valence-electron chi connectivity index (χ1n) is 6.38. The molecule has 1 N–H and O–H groups in total. The first-order valence-corrected chi connectivity index (χ1v) is 8.15. The molecule has 0 radical (unpaired) electrons.